The summed E-state index contributed by atoms with van der Waals surface area (Å²) in [5, 5.41) is 0. The molecule has 0 aliphatic rings. The van der Waals surface area contributed by atoms with Gasteiger partial charge in [0.05, 0.1) is 0 Å². The number of rotatable bonds is 3. The van der Waals surface area contributed by atoms with Crippen LogP contribution in [0, 0.1) is 0 Å². The average molecular weight is 196 g/mol. The molecule has 13 heavy (non-hydrogen) atoms. The van der Waals surface area contributed by atoms with Gasteiger partial charge in [-0.3, -0.25) is 0 Å². The molecule has 0 bridgehead atoms. The molecule has 1 rings (SSSR count). The molecule has 0 radical (unpaired) electrons. The van der Waals surface area contributed by atoms with Gasteiger partial charge in [-0.1, -0.05) is 12.2 Å². The van der Waals surface area contributed by atoms with Crippen LogP contribution in [-0.4, -0.2) is 28.5 Å². The predicted molar refractivity (Wildman–Crippen MR) is 56.9 cm³/mol. The molecular formula is C8H12N4S. The van der Waals surface area contributed by atoms with Crippen LogP contribution in [0.25, 0.3) is 0 Å². The van der Waals surface area contributed by atoms with Gasteiger partial charge < -0.3 is 10.6 Å². The summed E-state index contributed by atoms with van der Waals surface area (Å²) in [5.74, 6) is 0.734. The van der Waals surface area contributed by atoms with Crippen LogP contribution in [0.5, 0.6) is 0 Å². The van der Waals surface area contributed by atoms with E-state index in [0.717, 1.165) is 12.4 Å². The molecule has 0 atom stereocenters. The Kier molecular flexibility index (Phi) is 3.13. The molecule has 0 unspecified atom stereocenters. The minimum atomic E-state index is 0.281. The van der Waals surface area contributed by atoms with Crippen molar-refractivity contribution < 1.29 is 0 Å². The number of anilines is 1. The molecule has 0 aliphatic heterocycles. The fourth-order valence-electron chi connectivity index (χ4n) is 0.934. The molecule has 0 aromatic carbocycles. The summed E-state index contributed by atoms with van der Waals surface area (Å²) < 4.78 is 0. The van der Waals surface area contributed by atoms with Crippen LogP contribution >= 0.6 is 12.2 Å². The number of hydrogen-bond donors (Lipinski definition) is 1. The normalized spacial score (nSPS) is 9.69. The fourth-order valence-corrected chi connectivity index (χ4v) is 1.08. The SMILES string of the molecule is CCN(C)c1nccnc1C(N)=S. The van der Waals surface area contributed by atoms with E-state index in [1.807, 2.05) is 18.9 Å². The summed E-state index contributed by atoms with van der Waals surface area (Å²) in [6.45, 7) is 2.87. The van der Waals surface area contributed by atoms with E-state index < -0.39 is 0 Å². The maximum Gasteiger partial charge on any atom is 0.157 e. The van der Waals surface area contributed by atoms with Crippen molar-refractivity contribution in [1.29, 1.82) is 0 Å². The standard InChI is InChI=1S/C8H12N4S/c1-3-12(2)8-6(7(9)13)10-4-5-11-8/h4-5H,3H2,1-2H3,(H2,9,13). The zero-order chi connectivity index (χ0) is 9.84. The zero-order valence-electron chi connectivity index (χ0n) is 7.69. The summed E-state index contributed by atoms with van der Waals surface area (Å²) in [5.41, 5.74) is 6.09. The molecule has 1 aromatic rings. The molecule has 5 heteroatoms. The molecule has 4 nitrogen and oxygen atoms in total. The third kappa shape index (κ3) is 2.12. The van der Waals surface area contributed by atoms with E-state index in [4.69, 9.17) is 18.0 Å². The average Bonchev–Trinajstić information content (AvgIpc) is 2.16. The van der Waals surface area contributed by atoms with Gasteiger partial charge in [0.2, 0.25) is 0 Å². The first-order valence-corrected chi connectivity index (χ1v) is 4.39. The van der Waals surface area contributed by atoms with Gasteiger partial charge in [-0.05, 0) is 6.92 Å². The minimum absolute atomic E-state index is 0.281. The van der Waals surface area contributed by atoms with Gasteiger partial charge in [-0.2, -0.15) is 0 Å². The van der Waals surface area contributed by atoms with Crippen LogP contribution in [0.4, 0.5) is 5.82 Å². The van der Waals surface area contributed by atoms with Crippen molar-refractivity contribution in [2.45, 2.75) is 6.92 Å². The van der Waals surface area contributed by atoms with E-state index in [1.54, 1.807) is 12.4 Å². The van der Waals surface area contributed by atoms with Crippen molar-refractivity contribution in [2.75, 3.05) is 18.5 Å². The number of thiocarbonyl (C=S) groups is 1. The van der Waals surface area contributed by atoms with Crippen LogP contribution in [0.15, 0.2) is 12.4 Å². The Morgan fingerprint density at radius 3 is 2.69 bits per heavy atom. The van der Waals surface area contributed by atoms with Gasteiger partial charge in [-0.25, -0.2) is 9.97 Å². The van der Waals surface area contributed by atoms with Crippen molar-refractivity contribution in [3.8, 4) is 0 Å². The zero-order valence-corrected chi connectivity index (χ0v) is 8.51. The lowest BCUT2D eigenvalue weighted by Crippen LogP contribution is -2.23. The van der Waals surface area contributed by atoms with Crippen molar-refractivity contribution in [3.63, 3.8) is 0 Å². The summed E-state index contributed by atoms with van der Waals surface area (Å²) >= 11 is 4.87. The Labute approximate surface area is 82.8 Å². The number of aromatic nitrogens is 2. The first kappa shape index (κ1) is 9.85. The highest BCUT2D eigenvalue weighted by Gasteiger charge is 2.09. The van der Waals surface area contributed by atoms with E-state index in [1.165, 1.54) is 0 Å². The van der Waals surface area contributed by atoms with E-state index in [9.17, 15) is 0 Å². The first-order valence-electron chi connectivity index (χ1n) is 3.98. The quantitative estimate of drug-likeness (QED) is 0.716. The monoisotopic (exact) mass is 196 g/mol. The van der Waals surface area contributed by atoms with Crippen molar-refractivity contribution in [3.05, 3.63) is 18.1 Å². The second-order valence-electron chi connectivity index (χ2n) is 2.61. The molecule has 0 fully saturated rings. The Balaban J connectivity index is 3.11. The Morgan fingerprint density at radius 1 is 1.54 bits per heavy atom. The molecule has 0 saturated heterocycles. The van der Waals surface area contributed by atoms with Crippen molar-refractivity contribution in [2.24, 2.45) is 5.73 Å². The fraction of sp³-hybridized carbons (Fsp3) is 0.375. The van der Waals surface area contributed by atoms with Gasteiger partial charge in [0.15, 0.2) is 5.82 Å². The van der Waals surface area contributed by atoms with Crippen molar-refractivity contribution >= 4 is 23.0 Å². The van der Waals surface area contributed by atoms with Gasteiger partial charge in [0.1, 0.15) is 10.7 Å². The Hall–Kier alpha value is -1.23. The van der Waals surface area contributed by atoms with E-state index in [0.29, 0.717) is 5.69 Å². The summed E-state index contributed by atoms with van der Waals surface area (Å²) in [4.78, 5) is 10.5. The van der Waals surface area contributed by atoms with Gasteiger partial charge in [-0.15, -0.1) is 0 Å². The Bertz CT molecular complexity index is 313. The third-order valence-corrected chi connectivity index (χ3v) is 1.94. The highest BCUT2D eigenvalue weighted by molar-refractivity contribution is 7.80. The highest BCUT2D eigenvalue weighted by Crippen LogP contribution is 2.11. The van der Waals surface area contributed by atoms with Crippen molar-refractivity contribution in [1.82, 2.24) is 9.97 Å². The summed E-state index contributed by atoms with van der Waals surface area (Å²) in [6, 6.07) is 0. The molecule has 2 N–H and O–H groups in total. The lowest BCUT2D eigenvalue weighted by atomic mass is 10.4. The first-order chi connectivity index (χ1) is 6.16. The largest absolute Gasteiger partial charge is 0.388 e. The van der Waals surface area contributed by atoms with Crippen LogP contribution in [0.3, 0.4) is 0 Å². The maximum atomic E-state index is 5.51. The topological polar surface area (TPSA) is 55.0 Å². The minimum Gasteiger partial charge on any atom is -0.388 e. The maximum absolute atomic E-state index is 5.51. The second kappa shape index (κ2) is 4.13. The predicted octanol–water partition coefficient (Wildman–Crippen LogP) is 0.567. The Morgan fingerprint density at radius 2 is 2.15 bits per heavy atom. The molecule has 1 heterocycles. The summed E-state index contributed by atoms with van der Waals surface area (Å²) in [6.07, 6.45) is 3.21. The van der Waals surface area contributed by atoms with Crippen LogP contribution in [0.1, 0.15) is 12.6 Å². The number of hydrogen-bond acceptors (Lipinski definition) is 4. The van der Waals surface area contributed by atoms with E-state index in [-0.39, 0.29) is 4.99 Å². The van der Waals surface area contributed by atoms with Gasteiger partial charge >= 0.3 is 0 Å². The lowest BCUT2D eigenvalue weighted by molar-refractivity contribution is 0.924. The highest BCUT2D eigenvalue weighted by atomic mass is 32.1. The van der Waals surface area contributed by atoms with Crippen LogP contribution < -0.4 is 10.6 Å². The number of nitrogens with two attached hydrogens (primary N) is 1. The molecular weight excluding hydrogens is 184 g/mol. The second-order valence-corrected chi connectivity index (χ2v) is 3.05. The smallest absolute Gasteiger partial charge is 0.157 e. The molecule has 70 valence electrons. The lowest BCUT2D eigenvalue weighted by Gasteiger charge is -2.17. The van der Waals surface area contributed by atoms with E-state index in [2.05, 4.69) is 9.97 Å². The molecule has 0 amide bonds. The van der Waals surface area contributed by atoms with Crippen LogP contribution in [-0.2, 0) is 0 Å². The summed E-state index contributed by atoms with van der Waals surface area (Å²) in [7, 11) is 1.92. The van der Waals surface area contributed by atoms with Gasteiger partial charge in [0.25, 0.3) is 0 Å². The third-order valence-electron chi connectivity index (χ3n) is 1.75. The molecule has 0 aliphatic carbocycles. The molecule has 0 spiro atoms. The van der Waals surface area contributed by atoms with Crippen LogP contribution in [0.2, 0.25) is 0 Å². The molecule has 1 aromatic heterocycles. The number of nitrogens with zero attached hydrogens (tertiary/aromatic N) is 3. The van der Waals surface area contributed by atoms with Gasteiger partial charge in [0, 0.05) is 26.0 Å². The molecule has 0 saturated carbocycles. The van der Waals surface area contributed by atoms with E-state index >= 15 is 0 Å².